The van der Waals surface area contributed by atoms with Crippen molar-refractivity contribution in [2.75, 3.05) is 13.6 Å². The van der Waals surface area contributed by atoms with Crippen molar-refractivity contribution in [3.63, 3.8) is 0 Å². The van der Waals surface area contributed by atoms with Crippen LogP contribution in [0.1, 0.15) is 34.1 Å². The summed E-state index contributed by atoms with van der Waals surface area (Å²) >= 11 is 0. The van der Waals surface area contributed by atoms with E-state index in [0.717, 1.165) is 6.54 Å². The second-order valence-electron chi connectivity index (χ2n) is 4.00. The van der Waals surface area contributed by atoms with Crippen LogP contribution >= 0.6 is 0 Å². The van der Waals surface area contributed by atoms with Gasteiger partial charge in [-0.15, -0.1) is 0 Å². The van der Waals surface area contributed by atoms with Crippen molar-refractivity contribution in [3.8, 4) is 0 Å². The van der Waals surface area contributed by atoms with E-state index < -0.39 is 0 Å². The first-order valence-corrected chi connectivity index (χ1v) is 5.06. The Labute approximate surface area is 83.1 Å². The zero-order valence-corrected chi connectivity index (χ0v) is 9.72. The fourth-order valence-corrected chi connectivity index (χ4v) is 1.41. The molecule has 76 valence electrons. The van der Waals surface area contributed by atoms with E-state index in [0.29, 0.717) is 5.92 Å². The molecule has 0 aliphatic heterocycles. The third-order valence-electron chi connectivity index (χ3n) is 2.05. The van der Waals surface area contributed by atoms with Crippen molar-refractivity contribution >= 4 is 0 Å². The first-order chi connectivity index (χ1) is 5.99. The minimum atomic E-state index is 0.566. The molecule has 0 radical (unpaired) electrons. The quantitative estimate of drug-likeness (QED) is 0.587. The minimum Gasteiger partial charge on any atom is -0.380 e. The molecule has 0 spiro atoms. The van der Waals surface area contributed by atoms with Gasteiger partial charge < -0.3 is 4.90 Å². The van der Waals surface area contributed by atoms with E-state index in [9.17, 15) is 0 Å². The van der Waals surface area contributed by atoms with Gasteiger partial charge in [-0.3, -0.25) is 0 Å². The van der Waals surface area contributed by atoms with Crippen LogP contribution < -0.4 is 0 Å². The van der Waals surface area contributed by atoms with Crippen LogP contribution in [0.5, 0.6) is 0 Å². The Hall–Kier alpha value is -0.720. The molecule has 0 aromatic heterocycles. The fraction of sp³-hybridized carbons (Fsp3) is 0.667. The summed E-state index contributed by atoms with van der Waals surface area (Å²) < 4.78 is 0. The monoisotopic (exact) mass is 181 g/mol. The second-order valence-corrected chi connectivity index (χ2v) is 4.00. The maximum atomic E-state index is 3.99. The molecule has 0 rings (SSSR count). The normalized spacial score (nSPS) is 12.0. The van der Waals surface area contributed by atoms with Crippen molar-refractivity contribution < 1.29 is 0 Å². The molecule has 13 heavy (non-hydrogen) atoms. The molecule has 0 aliphatic carbocycles. The lowest BCUT2D eigenvalue weighted by molar-refractivity contribution is 0.447. The lowest BCUT2D eigenvalue weighted by atomic mass is 9.98. The van der Waals surface area contributed by atoms with E-state index in [-0.39, 0.29) is 0 Å². The fourth-order valence-electron chi connectivity index (χ4n) is 1.41. The highest BCUT2D eigenvalue weighted by atomic mass is 15.1. The van der Waals surface area contributed by atoms with Gasteiger partial charge in [0.1, 0.15) is 0 Å². The lowest BCUT2D eigenvalue weighted by Crippen LogP contribution is -2.13. The highest BCUT2D eigenvalue weighted by Gasteiger charge is 2.04. The van der Waals surface area contributed by atoms with Gasteiger partial charge in [0.05, 0.1) is 0 Å². The Balaban J connectivity index is 4.43. The molecule has 0 amide bonds. The number of nitrogens with zero attached hydrogens (tertiary/aromatic N) is 1. The Bertz CT molecular complexity index is 189. The van der Waals surface area contributed by atoms with Gasteiger partial charge in [-0.05, 0) is 24.8 Å². The van der Waals surface area contributed by atoms with Crippen LogP contribution in [0.15, 0.2) is 23.9 Å². The maximum absolute atomic E-state index is 3.99. The number of hydrogen-bond donors (Lipinski definition) is 0. The van der Waals surface area contributed by atoms with E-state index in [2.05, 4.69) is 52.4 Å². The van der Waals surface area contributed by atoms with Gasteiger partial charge in [-0.25, -0.2) is 0 Å². The molecule has 0 aromatic carbocycles. The first kappa shape index (κ1) is 12.3. The van der Waals surface area contributed by atoms with Crippen molar-refractivity contribution in [1.29, 1.82) is 0 Å². The molecule has 0 fully saturated rings. The molecule has 0 saturated heterocycles. The molecule has 0 bridgehead atoms. The molecule has 1 nitrogen and oxygen atoms in total. The predicted octanol–water partition coefficient (Wildman–Crippen LogP) is 3.44. The standard InChI is InChI=1S/C12H23N/c1-7-8-13(6)9-12(10(2)3)11(4)5/h9,11H,2,7-8H2,1,3-6H3/b12-9+. The summed E-state index contributed by atoms with van der Waals surface area (Å²) in [6.07, 6.45) is 3.41. The Kier molecular flexibility index (Phi) is 5.52. The van der Waals surface area contributed by atoms with Gasteiger partial charge in [0.25, 0.3) is 0 Å². The topological polar surface area (TPSA) is 3.24 Å². The maximum Gasteiger partial charge on any atom is 0.0166 e. The first-order valence-electron chi connectivity index (χ1n) is 5.06. The molecular weight excluding hydrogens is 158 g/mol. The summed E-state index contributed by atoms with van der Waals surface area (Å²) in [7, 11) is 2.12. The van der Waals surface area contributed by atoms with Gasteiger partial charge in [-0.2, -0.15) is 0 Å². The van der Waals surface area contributed by atoms with Gasteiger partial charge in [0, 0.05) is 19.8 Å². The van der Waals surface area contributed by atoms with Crippen molar-refractivity contribution in [2.24, 2.45) is 5.92 Å². The molecular formula is C12H23N. The average molecular weight is 181 g/mol. The lowest BCUT2D eigenvalue weighted by Gasteiger charge is -2.18. The van der Waals surface area contributed by atoms with Gasteiger partial charge >= 0.3 is 0 Å². The highest BCUT2D eigenvalue weighted by Crippen LogP contribution is 2.17. The Morgan fingerprint density at radius 3 is 2.31 bits per heavy atom. The Morgan fingerprint density at radius 2 is 2.00 bits per heavy atom. The van der Waals surface area contributed by atoms with E-state index in [1.807, 2.05) is 0 Å². The molecule has 0 heterocycles. The largest absolute Gasteiger partial charge is 0.380 e. The molecule has 0 saturated carbocycles. The van der Waals surface area contributed by atoms with Gasteiger partial charge in [0.15, 0.2) is 0 Å². The number of hydrogen-bond acceptors (Lipinski definition) is 1. The molecule has 0 unspecified atom stereocenters. The van der Waals surface area contributed by atoms with Crippen LogP contribution in [-0.2, 0) is 0 Å². The zero-order valence-electron chi connectivity index (χ0n) is 9.72. The molecule has 1 heteroatoms. The number of rotatable bonds is 5. The van der Waals surface area contributed by atoms with E-state index in [1.165, 1.54) is 17.6 Å². The van der Waals surface area contributed by atoms with Crippen molar-refractivity contribution in [3.05, 3.63) is 23.9 Å². The third-order valence-corrected chi connectivity index (χ3v) is 2.05. The molecule has 0 atom stereocenters. The summed E-state index contributed by atoms with van der Waals surface area (Å²) in [4.78, 5) is 2.24. The molecule has 0 N–H and O–H groups in total. The molecule has 0 aromatic rings. The SMILES string of the molecule is C=C(C)/C(=C\N(C)CCC)C(C)C. The smallest absolute Gasteiger partial charge is 0.0166 e. The van der Waals surface area contributed by atoms with Crippen LogP contribution in [-0.4, -0.2) is 18.5 Å². The summed E-state index contributed by atoms with van der Waals surface area (Å²) in [5.74, 6) is 0.566. The zero-order chi connectivity index (χ0) is 10.4. The van der Waals surface area contributed by atoms with Crippen LogP contribution in [0.2, 0.25) is 0 Å². The summed E-state index contributed by atoms with van der Waals surface area (Å²) in [5.41, 5.74) is 2.54. The van der Waals surface area contributed by atoms with Crippen LogP contribution in [0.4, 0.5) is 0 Å². The second kappa shape index (κ2) is 5.85. The summed E-state index contributed by atoms with van der Waals surface area (Å²) in [6.45, 7) is 13.8. The number of allylic oxidation sites excluding steroid dienone is 2. The van der Waals surface area contributed by atoms with E-state index in [4.69, 9.17) is 0 Å². The van der Waals surface area contributed by atoms with Crippen LogP contribution in [0.25, 0.3) is 0 Å². The highest BCUT2D eigenvalue weighted by molar-refractivity contribution is 5.27. The van der Waals surface area contributed by atoms with E-state index in [1.54, 1.807) is 0 Å². The van der Waals surface area contributed by atoms with Crippen molar-refractivity contribution in [1.82, 2.24) is 4.90 Å². The van der Waals surface area contributed by atoms with Crippen molar-refractivity contribution in [2.45, 2.75) is 34.1 Å². The molecule has 0 aliphatic rings. The van der Waals surface area contributed by atoms with Gasteiger partial charge in [-0.1, -0.05) is 32.9 Å². The van der Waals surface area contributed by atoms with Crippen LogP contribution in [0.3, 0.4) is 0 Å². The summed E-state index contributed by atoms with van der Waals surface area (Å²) in [6, 6.07) is 0. The average Bonchev–Trinajstić information content (AvgIpc) is 1.99. The third kappa shape index (κ3) is 4.76. The van der Waals surface area contributed by atoms with Crippen LogP contribution in [0, 0.1) is 5.92 Å². The minimum absolute atomic E-state index is 0.566. The predicted molar refractivity (Wildman–Crippen MR) is 60.7 cm³/mol. The van der Waals surface area contributed by atoms with E-state index >= 15 is 0 Å². The van der Waals surface area contributed by atoms with Gasteiger partial charge in [0.2, 0.25) is 0 Å². The summed E-state index contributed by atoms with van der Waals surface area (Å²) in [5, 5.41) is 0. The Morgan fingerprint density at radius 1 is 1.46 bits per heavy atom.